The second kappa shape index (κ2) is 4.51. The van der Waals surface area contributed by atoms with Gasteiger partial charge in [0, 0.05) is 12.5 Å². The minimum atomic E-state index is -0.679. The Bertz CT molecular complexity index is 128. The molecule has 0 radical (unpaired) electrons. The number of ether oxygens (including phenoxy) is 1. The molecular formula is C7H16O3Si. The van der Waals surface area contributed by atoms with Gasteiger partial charge in [-0.1, -0.05) is 0 Å². The Morgan fingerprint density at radius 2 is 2.00 bits per heavy atom. The molecule has 0 unspecified atom stereocenters. The fraction of sp³-hybridized carbons (Fsp3) is 0.857. The van der Waals surface area contributed by atoms with E-state index in [1.165, 1.54) is 6.92 Å². The van der Waals surface area contributed by atoms with Crippen LogP contribution in [0.1, 0.15) is 27.7 Å². The van der Waals surface area contributed by atoms with Crippen LogP contribution >= 0.6 is 0 Å². The fourth-order valence-electron chi connectivity index (χ4n) is 0.533. The first-order valence-electron chi connectivity index (χ1n) is 3.69. The average molecular weight is 176 g/mol. The van der Waals surface area contributed by atoms with Gasteiger partial charge in [0.2, 0.25) is 9.76 Å². The smallest absolute Gasteiger partial charge is 0.302 e. The highest BCUT2D eigenvalue weighted by atomic mass is 28.2. The van der Waals surface area contributed by atoms with E-state index in [1.807, 2.05) is 20.8 Å². The van der Waals surface area contributed by atoms with E-state index >= 15 is 0 Å². The van der Waals surface area contributed by atoms with Gasteiger partial charge in [-0.2, -0.15) is 0 Å². The summed E-state index contributed by atoms with van der Waals surface area (Å²) < 4.78 is 10.2. The average Bonchev–Trinajstić information content (AvgIpc) is 1.78. The molecule has 0 heterocycles. The van der Waals surface area contributed by atoms with Gasteiger partial charge in [-0.3, -0.25) is 4.79 Å². The molecule has 0 aliphatic rings. The van der Waals surface area contributed by atoms with E-state index in [4.69, 9.17) is 9.16 Å². The third-order valence-electron chi connectivity index (χ3n) is 0.924. The molecule has 0 amide bonds. The van der Waals surface area contributed by atoms with Crippen molar-refractivity contribution in [2.24, 2.45) is 0 Å². The van der Waals surface area contributed by atoms with Gasteiger partial charge in [-0.25, -0.2) is 0 Å². The second-order valence-electron chi connectivity index (χ2n) is 3.30. The number of rotatable bonds is 3. The highest BCUT2D eigenvalue weighted by Crippen LogP contribution is 2.04. The molecule has 0 fully saturated rings. The third-order valence-corrected chi connectivity index (χ3v) is 2.36. The molecule has 0 aromatic rings. The van der Waals surface area contributed by atoms with Gasteiger partial charge in [0.05, 0.1) is 0 Å². The summed E-state index contributed by atoms with van der Waals surface area (Å²) in [6.45, 7) is 7.39. The van der Waals surface area contributed by atoms with E-state index in [0.29, 0.717) is 6.23 Å². The van der Waals surface area contributed by atoms with Crippen molar-refractivity contribution < 1.29 is 14.0 Å². The topological polar surface area (TPSA) is 35.5 Å². The Morgan fingerprint density at radius 1 is 1.45 bits per heavy atom. The summed E-state index contributed by atoms with van der Waals surface area (Å²) in [5.74, 6) is -0.227. The van der Waals surface area contributed by atoms with Crippen molar-refractivity contribution in [3.8, 4) is 0 Å². The number of hydrogen-bond acceptors (Lipinski definition) is 3. The lowest BCUT2D eigenvalue weighted by molar-refractivity contribution is -0.139. The first-order valence-corrected chi connectivity index (χ1v) is 5.27. The van der Waals surface area contributed by atoms with Crippen molar-refractivity contribution >= 4 is 15.7 Å². The Hall–Kier alpha value is -0.353. The lowest BCUT2D eigenvalue weighted by atomic mass is 10.2. The molecule has 0 aromatic carbocycles. The molecule has 0 N–H and O–H groups in total. The number of carbonyl (C=O) groups excluding carboxylic acids is 1. The van der Waals surface area contributed by atoms with Crippen molar-refractivity contribution in [3.63, 3.8) is 0 Å². The molecule has 11 heavy (non-hydrogen) atoms. The van der Waals surface area contributed by atoms with Crippen molar-refractivity contribution in [1.82, 2.24) is 0 Å². The minimum absolute atomic E-state index is 0.0909. The van der Waals surface area contributed by atoms with Gasteiger partial charge in [0.15, 0.2) is 0 Å². The first-order chi connectivity index (χ1) is 4.92. The van der Waals surface area contributed by atoms with Crippen LogP contribution in [0, 0.1) is 0 Å². The van der Waals surface area contributed by atoms with E-state index in [1.54, 1.807) is 0 Å². The van der Waals surface area contributed by atoms with Crippen LogP contribution in [0.2, 0.25) is 0 Å². The van der Waals surface area contributed by atoms with E-state index in [0.717, 1.165) is 0 Å². The summed E-state index contributed by atoms with van der Waals surface area (Å²) in [6, 6.07) is 0. The van der Waals surface area contributed by atoms with E-state index < -0.39 is 9.76 Å². The second-order valence-corrected chi connectivity index (χ2v) is 4.41. The van der Waals surface area contributed by atoms with Gasteiger partial charge < -0.3 is 9.16 Å². The highest BCUT2D eigenvalue weighted by Gasteiger charge is 2.09. The van der Waals surface area contributed by atoms with Gasteiger partial charge in [-0.05, 0) is 20.8 Å². The Kier molecular flexibility index (Phi) is 4.36. The predicted molar refractivity (Wildman–Crippen MR) is 46.0 cm³/mol. The van der Waals surface area contributed by atoms with Gasteiger partial charge in [-0.15, -0.1) is 0 Å². The number of hydrogen-bond donors (Lipinski definition) is 0. The summed E-state index contributed by atoms with van der Waals surface area (Å²) in [7, 11) is -0.679. The lowest BCUT2D eigenvalue weighted by Crippen LogP contribution is -2.24. The first kappa shape index (κ1) is 10.6. The standard InChI is InChI=1S/C7H16O3Si/c1-6(8)9-5-11-10-7(2,3)4/h5,11H2,1-4H3. The Morgan fingerprint density at radius 3 is 2.36 bits per heavy atom. The normalized spacial score (nSPS) is 12.4. The zero-order chi connectivity index (χ0) is 8.91. The predicted octanol–water partition coefficient (Wildman–Crippen LogP) is 0.406. The van der Waals surface area contributed by atoms with Crippen LogP contribution in [0.4, 0.5) is 0 Å². The maximum atomic E-state index is 10.3. The van der Waals surface area contributed by atoms with E-state index in [9.17, 15) is 4.79 Å². The zero-order valence-corrected chi connectivity index (χ0v) is 9.05. The van der Waals surface area contributed by atoms with E-state index in [2.05, 4.69) is 0 Å². The molecule has 0 saturated heterocycles. The Labute approximate surface area is 70.0 Å². The molecule has 0 aliphatic carbocycles. The molecule has 4 heteroatoms. The van der Waals surface area contributed by atoms with Gasteiger partial charge >= 0.3 is 5.97 Å². The van der Waals surface area contributed by atoms with Crippen LogP contribution in [-0.4, -0.2) is 27.6 Å². The van der Waals surface area contributed by atoms with Crippen LogP contribution in [0.3, 0.4) is 0 Å². The monoisotopic (exact) mass is 176 g/mol. The molecule has 0 aliphatic heterocycles. The Balaban J connectivity index is 3.22. The summed E-state index contributed by atoms with van der Waals surface area (Å²) in [6.07, 6.45) is 0.479. The van der Waals surface area contributed by atoms with Crippen molar-refractivity contribution in [2.75, 3.05) is 6.23 Å². The molecule has 0 bridgehead atoms. The molecule has 0 spiro atoms. The number of esters is 1. The molecular weight excluding hydrogens is 160 g/mol. The van der Waals surface area contributed by atoms with Crippen LogP contribution in [0.25, 0.3) is 0 Å². The van der Waals surface area contributed by atoms with Crippen LogP contribution in [-0.2, 0) is 14.0 Å². The molecule has 0 aromatic heterocycles. The summed E-state index contributed by atoms with van der Waals surface area (Å²) in [5.41, 5.74) is -0.0909. The summed E-state index contributed by atoms with van der Waals surface area (Å²) in [5, 5.41) is 0. The number of carbonyl (C=O) groups is 1. The maximum Gasteiger partial charge on any atom is 0.302 e. The van der Waals surface area contributed by atoms with Crippen molar-refractivity contribution in [1.29, 1.82) is 0 Å². The van der Waals surface area contributed by atoms with Crippen LogP contribution < -0.4 is 0 Å². The fourth-order valence-corrected chi connectivity index (χ4v) is 1.60. The largest absolute Gasteiger partial charge is 0.467 e. The molecule has 0 saturated carbocycles. The van der Waals surface area contributed by atoms with E-state index in [-0.39, 0.29) is 11.6 Å². The third kappa shape index (κ3) is 9.65. The van der Waals surface area contributed by atoms with Crippen LogP contribution in [0.5, 0.6) is 0 Å². The summed E-state index contributed by atoms with van der Waals surface area (Å²) in [4.78, 5) is 10.3. The van der Waals surface area contributed by atoms with Crippen molar-refractivity contribution in [2.45, 2.75) is 33.3 Å². The molecule has 0 rings (SSSR count). The minimum Gasteiger partial charge on any atom is -0.467 e. The molecule has 0 atom stereocenters. The lowest BCUT2D eigenvalue weighted by Gasteiger charge is -2.19. The van der Waals surface area contributed by atoms with Gasteiger partial charge in [0.25, 0.3) is 0 Å². The maximum absolute atomic E-state index is 10.3. The van der Waals surface area contributed by atoms with Crippen LogP contribution in [0.15, 0.2) is 0 Å². The summed E-state index contributed by atoms with van der Waals surface area (Å²) >= 11 is 0. The van der Waals surface area contributed by atoms with Crippen molar-refractivity contribution in [3.05, 3.63) is 0 Å². The van der Waals surface area contributed by atoms with Gasteiger partial charge in [0.1, 0.15) is 6.23 Å². The molecule has 3 nitrogen and oxygen atoms in total. The zero-order valence-electron chi connectivity index (χ0n) is 7.64. The quantitative estimate of drug-likeness (QED) is 0.355. The molecule has 66 valence electrons. The SMILES string of the molecule is CC(=O)OC[SiH2]OC(C)(C)C. The highest BCUT2D eigenvalue weighted by molar-refractivity contribution is 6.27.